The van der Waals surface area contributed by atoms with Crippen molar-refractivity contribution in [3.05, 3.63) is 59.7 Å². The largest absolute Gasteiger partial charge is 0.480 e. The Kier molecular flexibility index (Phi) is 6.93. The van der Waals surface area contributed by atoms with E-state index in [1.807, 2.05) is 38.1 Å². The highest BCUT2D eigenvalue weighted by atomic mass is 32.2. The summed E-state index contributed by atoms with van der Waals surface area (Å²) in [6.45, 7) is 4.46. The van der Waals surface area contributed by atoms with Gasteiger partial charge in [-0.15, -0.1) is 11.8 Å². The molecule has 2 amide bonds. The van der Waals surface area contributed by atoms with E-state index >= 15 is 0 Å². The number of hydrogen-bond donors (Lipinski definition) is 2. The maximum Gasteiger partial charge on any atom is 0.407 e. The minimum atomic E-state index is -0.928. The molecule has 1 fully saturated rings. The van der Waals surface area contributed by atoms with Crippen LogP contribution in [0.5, 0.6) is 0 Å². The molecule has 1 aliphatic heterocycles. The third-order valence-electron chi connectivity index (χ3n) is 6.20. The molecule has 33 heavy (non-hydrogen) atoms. The number of carboxylic acids is 1. The van der Waals surface area contributed by atoms with Gasteiger partial charge in [0.2, 0.25) is 5.91 Å². The molecule has 1 heterocycles. The van der Waals surface area contributed by atoms with Gasteiger partial charge in [0.1, 0.15) is 17.9 Å². The standard InChI is InChI=1S/C25H28N2O5S/c1-15(2)22(23(28)27-11-12-33-21(13-27)24(29)30)26-25(31)32-14-20-18-9-5-3-7-16(18)17-8-4-6-10-19(17)20/h3-10,15,20-22H,11-14H2,1-2H3,(H,26,31)(H,29,30). The molecule has 1 saturated heterocycles. The lowest BCUT2D eigenvalue weighted by molar-refractivity contribution is -0.139. The van der Waals surface area contributed by atoms with Gasteiger partial charge in [0.05, 0.1) is 0 Å². The molecule has 0 spiro atoms. The van der Waals surface area contributed by atoms with Gasteiger partial charge >= 0.3 is 12.1 Å². The average Bonchev–Trinajstić information content (AvgIpc) is 3.14. The van der Waals surface area contributed by atoms with E-state index < -0.39 is 23.4 Å². The van der Waals surface area contributed by atoms with Crippen LogP contribution in [0.1, 0.15) is 30.9 Å². The quantitative estimate of drug-likeness (QED) is 0.673. The van der Waals surface area contributed by atoms with Gasteiger partial charge < -0.3 is 20.1 Å². The van der Waals surface area contributed by atoms with Gasteiger partial charge in [0.25, 0.3) is 0 Å². The molecule has 2 aliphatic rings. The lowest BCUT2D eigenvalue weighted by atomic mass is 9.98. The van der Waals surface area contributed by atoms with Crippen LogP contribution in [0.15, 0.2) is 48.5 Å². The highest BCUT2D eigenvalue weighted by molar-refractivity contribution is 8.00. The molecule has 1 aliphatic carbocycles. The van der Waals surface area contributed by atoms with Crippen LogP contribution in [-0.4, -0.2) is 64.7 Å². The number of carbonyl (C=O) groups is 3. The van der Waals surface area contributed by atoms with Crippen LogP contribution in [0, 0.1) is 5.92 Å². The lowest BCUT2D eigenvalue weighted by Gasteiger charge is -2.34. The van der Waals surface area contributed by atoms with Crippen molar-refractivity contribution in [1.29, 1.82) is 0 Å². The number of benzene rings is 2. The first kappa shape index (κ1) is 23.2. The zero-order valence-electron chi connectivity index (χ0n) is 18.7. The van der Waals surface area contributed by atoms with E-state index in [0.29, 0.717) is 12.3 Å². The summed E-state index contributed by atoms with van der Waals surface area (Å²) >= 11 is 1.33. The molecular formula is C25H28N2O5S. The van der Waals surface area contributed by atoms with Gasteiger partial charge in [-0.2, -0.15) is 0 Å². The second kappa shape index (κ2) is 9.87. The van der Waals surface area contributed by atoms with E-state index in [4.69, 9.17) is 4.74 Å². The van der Waals surface area contributed by atoms with Crippen molar-refractivity contribution in [2.45, 2.75) is 31.1 Å². The van der Waals surface area contributed by atoms with E-state index in [9.17, 15) is 19.5 Å². The maximum absolute atomic E-state index is 13.1. The summed E-state index contributed by atoms with van der Waals surface area (Å²) in [6.07, 6.45) is -0.648. The van der Waals surface area contributed by atoms with Crippen LogP contribution in [0.3, 0.4) is 0 Å². The molecule has 0 aromatic heterocycles. The van der Waals surface area contributed by atoms with Crippen molar-refractivity contribution in [1.82, 2.24) is 10.2 Å². The molecule has 2 atom stereocenters. The fourth-order valence-corrected chi connectivity index (χ4v) is 5.51. The number of nitrogens with one attached hydrogen (secondary N) is 1. The monoisotopic (exact) mass is 468 g/mol. The Balaban J connectivity index is 1.41. The Hall–Kier alpha value is -3.00. The highest BCUT2D eigenvalue weighted by Gasteiger charge is 2.35. The zero-order chi connectivity index (χ0) is 23.5. The number of alkyl carbamates (subject to hydrolysis) is 1. The minimum Gasteiger partial charge on any atom is -0.480 e. The number of thioether (sulfide) groups is 1. The molecule has 2 N–H and O–H groups in total. The van der Waals surface area contributed by atoms with Gasteiger partial charge in [-0.25, -0.2) is 4.79 Å². The number of carboxylic acid groups (broad SMARTS) is 1. The number of nitrogens with zero attached hydrogens (tertiary/aromatic N) is 1. The Bertz CT molecular complexity index is 1010. The summed E-state index contributed by atoms with van der Waals surface area (Å²) in [5.74, 6) is -0.880. The first-order valence-corrected chi connectivity index (χ1v) is 12.2. The smallest absolute Gasteiger partial charge is 0.407 e. The number of hydrogen-bond acceptors (Lipinski definition) is 5. The molecule has 4 rings (SSSR count). The Morgan fingerprint density at radius 1 is 1.09 bits per heavy atom. The third kappa shape index (κ3) is 4.85. The van der Waals surface area contributed by atoms with Crippen LogP contribution >= 0.6 is 11.8 Å². The predicted molar refractivity (Wildman–Crippen MR) is 127 cm³/mol. The molecule has 174 valence electrons. The summed E-state index contributed by atoms with van der Waals surface area (Å²) in [4.78, 5) is 38.7. The summed E-state index contributed by atoms with van der Waals surface area (Å²) in [5, 5.41) is 11.4. The topological polar surface area (TPSA) is 95.9 Å². The lowest BCUT2D eigenvalue weighted by Crippen LogP contribution is -2.55. The van der Waals surface area contributed by atoms with Crippen molar-refractivity contribution < 1.29 is 24.2 Å². The first-order valence-electron chi connectivity index (χ1n) is 11.1. The minimum absolute atomic E-state index is 0.0632. The molecular weight excluding hydrogens is 440 g/mol. The zero-order valence-corrected chi connectivity index (χ0v) is 19.5. The number of carbonyl (C=O) groups excluding carboxylic acids is 2. The molecule has 7 nitrogen and oxygen atoms in total. The molecule has 0 bridgehead atoms. The normalized spacial score (nSPS) is 18.4. The number of aliphatic carboxylic acids is 1. The van der Waals surface area contributed by atoms with Crippen LogP contribution in [0.2, 0.25) is 0 Å². The molecule has 2 unspecified atom stereocenters. The van der Waals surface area contributed by atoms with Crippen molar-refractivity contribution in [3.8, 4) is 11.1 Å². The summed E-state index contributed by atoms with van der Waals surface area (Å²) in [6, 6.07) is 15.4. The SMILES string of the molecule is CC(C)C(NC(=O)OCC1c2ccccc2-c2ccccc21)C(=O)N1CCSC(C(=O)O)C1. The van der Waals surface area contributed by atoms with Crippen LogP contribution in [0.25, 0.3) is 11.1 Å². The highest BCUT2D eigenvalue weighted by Crippen LogP contribution is 2.44. The second-order valence-electron chi connectivity index (χ2n) is 8.67. The summed E-state index contributed by atoms with van der Waals surface area (Å²) in [7, 11) is 0. The fraction of sp³-hybridized carbons (Fsp3) is 0.400. The van der Waals surface area contributed by atoms with Crippen LogP contribution < -0.4 is 5.32 Å². The van der Waals surface area contributed by atoms with E-state index in [1.54, 1.807) is 0 Å². The van der Waals surface area contributed by atoms with Crippen LogP contribution in [-0.2, 0) is 14.3 Å². The van der Waals surface area contributed by atoms with E-state index in [1.165, 1.54) is 16.7 Å². The van der Waals surface area contributed by atoms with Gasteiger partial charge in [-0.05, 0) is 28.2 Å². The van der Waals surface area contributed by atoms with Gasteiger partial charge in [-0.3, -0.25) is 9.59 Å². The molecule has 2 aromatic carbocycles. The van der Waals surface area contributed by atoms with Gasteiger partial charge in [0, 0.05) is 24.8 Å². The maximum atomic E-state index is 13.1. The summed E-state index contributed by atoms with van der Waals surface area (Å²) < 4.78 is 5.60. The van der Waals surface area contributed by atoms with E-state index in [2.05, 4.69) is 29.6 Å². The Morgan fingerprint density at radius 2 is 1.70 bits per heavy atom. The van der Waals surface area contributed by atoms with Crippen molar-refractivity contribution in [3.63, 3.8) is 0 Å². The van der Waals surface area contributed by atoms with E-state index in [0.717, 1.165) is 22.3 Å². The molecule has 2 aromatic rings. The molecule has 0 radical (unpaired) electrons. The van der Waals surface area contributed by atoms with Crippen molar-refractivity contribution in [2.75, 3.05) is 25.4 Å². The molecule has 0 saturated carbocycles. The summed E-state index contributed by atoms with van der Waals surface area (Å²) in [5.41, 5.74) is 4.53. The van der Waals surface area contributed by atoms with Crippen molar-refractivity contribution in [2.24, 2.45) is 5.92 Å². The third-order valence-corrected chi connectivity index (χ3v) is 7.37. The van der Waals surface area contributed by atoms with Gasteiger partial charge in [0.15, 0.2) is 0 Å². The second-order valence-corrected chi connectivity index (χ2v) is 9.98. The van der Waals surface area contributed by atoms with Crippen molar-refractivity contribution >= 4 is 29.7 Å². The predicted octanol–water partition coefficient (Wildman–Crippen LogP) is 3.58. The van der Waals surface area contributed by atoms with Gasteiger partial charge in [-0.1, -0.05) is 62.4 Å². The van der Waals surface area contributed by atoms with Crippen LogP contribution in [0.4, 0.5) is 4.79 Å². The molecule has 8 heteroatoms. The Labute approximate surface area is 197 Å². The number of amides is 2. The Morgan fingerprint density at radius 3 is 2.27 bits per heavy atom. The number of ether oxygens (including phenoxy) is 1. The average molecular weight is 469 g/mol. The fourth-order valence-electron chi connectivity index (χ4n) is 4.48. The number of rotatable bonds is 6. The van der Waals surface area contributed by atoms with E-state index in [-0.39, 0.29) is 30.9 Å². The number of fused-ring (bicyclic) bond motifs is 3. The first-order chi connectivity index (χ1) is 15.9.